The molecule has 0 aromatic heterocycles. The van der Waals surface area contributed by atoms with Crippen molar-refractivity contribution in [2.45, 2.75) is 124 Å². The molecule has 42 heavy (non-hydrogen) atoms. The minimum atomic E-state index is 1.02. The second kappa shape index (κ2) is 98.5. The third kappa shape index (κ3) is 216. The summed E-state index contributed by atoms with van der Waals surface area (Å²) < 4.78 is 0. The van der Waals surface area contributed by atoms with E-state index in [0.29, 0.717) is 0 Å². The van der Waals surface area contributed by atoms with Gasteiger partial charge in [-0.15, -0.1) is 32.6 Å². The Kier molecular flexibility index (Phi) is 168. The van der Waals surface area contributed by atoms with Crippen molar-refractivity contribution in [2.24, 2.45) is 0 Å². The lowest BCUT2D eigenvalue weighted by Crippen LogP contribution is -1.72. The summed E-state index contributed by atoms with van der Waals surface area (Å²) in [5.41, 5.74) is 6.79. The predicted octanol–water partition coefficient (Wildman–Crippen LogP) is 15.8. The topological polar surface area (TPSA) is 0 Å². The Bertz CT molecular complexity index is 635. The summed E-state index contributed by atoms with van der Waals surface area (Å²) in [4.78, 5) is 0. The maximum Gasteiger partial charge on any atom is -0.0382 e. The molecule has 0 unspecified atom stereocenters. The first kappa shape index (κ1) is 71.7. The van der Waals surface area contributed by atoms with E-state index in [1.165, 1.54) is 11.1 Å². The Hall–Kier alpha value is -3.30. The molecule has 0 aromatic carbocycles. The highest BCUT2D eigenvalue weighted by Crippen LogP contribution is 2.03. The van der Waals surface area contributed by atoms with E-state index in [9.17, 15) is 0 Å². The molecule has 0 bridgehead atoms. The molecule has 0 aliphatic rings. The molecular weight excluding hydrogens is 504 g/mol. The third-order valence-electron chi connectivity index (χ3n) is 3.03. The van der Waals surface area contributed by atoms with Crippen molar-refractivity contribution in [1.82, 2.24) is 0 Å². The molecule has 0 fully saturated rings. The molecular formula is C42H80. The van der Waals surface area contributed by atoms with Crippen molar-refractivity contribution < 1.29 is 0 Å². The SMILES string of the molecule is C#C.C/C=C\C=C(C)C.C=C.C=C(C)C(=C)C.C=C/C=C(\C)C(=C)C.C=CC(=C)C.C=CCC.CC.CC.CC.CC. The van der Waals surface area contributed by atoms with Gasteiger partial charge in [-0.25, -0.2) is 0 Å². The van der Waals surface area contributed by atoms with Crippen LogP contribution in [0.25, 0.3) is 0 Å². The highest BCUT2D eigenvalue weighted by Gasteiger charge is 1.82. The monoisotopic (exact) mass is 585 g/mol. The number of rotatable bonds is 6. The minimum absolute atomic E-state index is 1.02. The van der Waals surface area contributed by atoms with Crippen LogP contribution in [-0.2, 0) is 0 Å². The van der Waals surface area contributed by atoms with E-state index in [0.717, 1.165) is 28.7 Å². The van der Waals surface area contributed by atoms with E-state index in [2.05, 4.69) is 98.9 Å². The van der Waals surface area contributed by atoms with Crippen LogP contribution in [-0.4, -0.2) is 0 Å². The van der Waals surface area contributed by atoms with Gasteiger partial charge in [0.2, 0.25) is 0 Å². The Morgan fingerprint density at radius 1 is 0.595 bits per heavy atom. The molecule has 0 nitrogen and oxygen atoms in total. The molecule has 0 heterocycles. The van der Waals surface area contributed by atoms with Crippen molar-refractivity contribution in [3.05, 3.63) is 135 Å². The van der Waals surface area contributed by atoms with E-state index in [4.69, 9.17) is 0 Å². The number of hydrogen-bond acceptors (Lipinski definition) is 0. The lowest BCUT2D eigenvalue weighted by Gasteiger charge is -1.92. The van der Waals surface area contributed by atoms with Gasteiger partial charge in [-0.05, 0) is 67.4 Å². The highest BCUT2D eigenvalue weighted by molar-refractivity contribution is 5.26. The highest BCUT2D eigenvalue weighted by atomic mass is 13.9. The van der Waals surface area contributed by atoms with Gasteiger partial charge in [-0.2, -0.15) is 0 Å². The van der Waals surface area contributed by atoms with Gasteiger partial charge in [0.05, 0.1) is 0 Å². The van der Waals surface area contributed by atoms with Crippen molar-refractivity contribution in [3.63, 3.8) is 0 Å². The molecule has 0 aromatic rings. The zero-order valence-corrected chi connectivity index (χ0v) is 32.3. The summed E-state index contributed by atoms with van der Waals surface area (Å²) >= 11 is 0. The van der Waals surface area contributed by atoms with Crippen LogP contribution in [0.5, 0.6) is 0 Å². The Morgan fingerprint density at radius 3 is 0.905 bits per heavy atom. The molecule has 0 rings (SSSR count). The predicted molar refractivity (Wildman–Crippen MR) is 215 cm³/mol. The average Bonchev–Trinajstić information content (AvgIpc) is 3.03. The molecule has 0 radical (unpaired) electrons. The fraction of sp³-hybridized carbons (Fsp3) is 0.429. The van der Waals surface area contributed by atoms with Crippen LogP contribution in [0.3, 0.4) is 0 Å². The molecule has 0 saturated carbocycles. The van der Waals surface area contributed by atoms with E-state index >= 15 is 0 Å². The Morgan fingerprint density at radius 2 is 0.857 bits per heavy atom. The molecule has 0 aliphatic carbocycles. The smallest absolute Gasteiger partial charge is 0.0382 e. The molecule has 0 heteroatoms. The van der Waals surface area contributed by atoms with E-state index in [1.54, 1.807) is 12.2 Å². The van der Waals surface area contributed by atoms with Crippen LogP contribution >= 0.6 is 0 Å². The minimum Gasteiger partial charge on any atom is -0.124 e. The summed E-state index contributed by atoms with van der Waals surface area (Å²) in [6, 6.07) is 0. The molecule has 0 spiro atoms. The third-order valence-corrected chi connectivity index (χ3v) is 3.03. The van der Waals surface area contributed by atoms with Crippen LogP contribution in [0.15, 0.2) is 135 Å². The Labute approximate surface area is 271 Å². The lowest BCUT2D eigenvalue weighted by atomic mass is 10.1. The van der Waals surface area contributed by atoms with Gasteiger partial charge in [-0.3, -0.25) is 0 Å². The summed E-state index contributed by atoms with van der Waals surface area (Å²) in [7, 11) is 0. The first-order valence-corrected chi connectivity index (χ1v) is 15.0. The maximum absolute atomic E-state index is 4.00. The first-order valence-electron chi connectivity index (χ1n) is 15.0. The van der Waals surface area contributed by atoms with Gasteiger partial charge >= 0.3 is 0 Å². The number of terminal acetylenes is 1. The van der Waals surface area contributed by atoms with Crippen LogP contribution in [0, 0.1) is 12.8 Å². The second-order valence-corrected chi connectivity index (χ2v) is 6.94. The van der Waals surface area contributed by atoms with E-state index in [1.807, 2.05) is 121 Å². The van der Waals surface area contributed by atoms with Crippen molar-refractivity contribution in [1.29, 1.82) is 0 Å². The van der Waals surface area contributed by atoms with Crippen LogP contribution in [0.4, 0.5) is 0 Å². The van der Waals surface area contributed by atoms with Gasteiger partial charge in [0.1, 0.15) is 0 Å². The largest absolute Gasteiger partial charge is 0.124 e. The number of allylic oxidation sites excluding steroid dienone is 13. The standard InChI is InChI=1S/C8H12.C7H12.C6H10.C5H8.C4H8.4C2H6.C2H4.C2H2/c1-5-6-8(4)7(2)3;1-4-5-6-7(2)3;1-5(2)6(3)4;1-4-5(2)3;1-3-4-2;6*1-2/h5-6H,1-2H2,3-4H3;4-6H,1-3H3;1,3H2,2,4H3;4H,1-2H2,3H3;3H,1,4H2,2H3;4*1-2H3;1-2H2;1-2H/b8-6+;5-4-;;;;;;;;;. The van der Waals surface area contributed by atoms with Gasteiger partial charge in [-0.1, -0.05) is 172 Å². The van der Waals surface area contributed by atoms with Crippen LogP contribution < -0.4 is 0 Å². The van der Waals surface area contributed by atoms with Gasteiger partial charge in [0.15, 0.2) is 0 Å². The van der Waals surface area contributed by atoms with Crippen LogP contribution in [0.2, 0.25) is 0 Å². The molecule has 0 aliphatic heterocycles. The summed E-state index contributed by atoms with van der Waals surface area (Å²) in [5, 5.41) is 0. The van der Waals surface area contributed by atoms with Crippen molar-refractivity contribution in [3.8, 4) is 12.8 Å². The lowest BCUT2D eigenvalue weighted by molar-refractivity contribution is 1.23. The summed E-state index contributed by atoms with van der Waals surface area (Å²) in [6.45, 7) is 65.2. The molecule has 248 valence electrons. The quantitative estimate of drug-likeness (QED) is 0.165. The number of hydrogen-bond donors (Lipinski definition) is 0. The second-order valence-electron chi connectivity index (χ2n) is 6.94. The average molecular weight is 585 g/mol. The molecule has 0 amide bonds. The van der Waals surface area contributed by atoms with Crippen LogP contribution in [0.1, 0.15) is 124 Å². The van der Waals surface area contributed by atoms with Gasteiger partial charge in [0, 0.05) is 0 Å². The fourth-order valence-electron chi connectivity index (χ4n) is 0.608. The fourth-order valence-corrected chi connectivity index (χ4v) is 0.608. The summed E-state index contributed by atoms with van der Waals surface area (Å²) in [5.74, 6) is 0. The van der Waals surface area contributed by atoms with Crippen molar-refractivity contribution >= 4 is 0 Å². The first-order chi connectivity index (χ1) is 19.8. The molecule has 0 N–H and O–H groups in total. The van der Waals surface area contributed by atoms with Gasteiger partial charge < -0.3 is 0 Å². The maximum atomic E-state index is 4.00. The van der Waals surface area contributed by atoms with E-state index < -0.39 is 0 Å². The molecule has 0 atom stereocenters. The normalized spacial score (nSPS) is 6.88. The zero-order chi connectivity index (χ0) is 37.1. The molecule has 0 saturated heterocycles. The van der Waals surface area contributed by atoms with E-state index in [-0.39, 0.29) is 0 Å². The Balaban J connectivity index is -0.0000000294. The van der Waals surface area contributed by atoms with Gasteiger partial charge in [0.25, 0.3) is 0 Å². The zero-order valence-electron chi connectivity index (χ0n) is 32.3. The summed E-state index contributed by atoms with van der Waals surface area (Å²) in [6.07, 6.45) is 22.5. The van der Waals surface area contributed by atoms with Crippen molar-refractivity contribution in [2.75, 3.05) is 0 Å².